The van der Waals surface area contributed by atoms with E-state index in [0.717, 1.165) is 24.2 Å². The summed E-state index contributed by atoms with van der Waals surface area (Å²) in [5, 5.41) is 0. The minimum absolute atomic E-state index is 0.0409. The Morgan fingerprint density at radius 1 is 1.24 bits per heavy atom. The molecule has 1 aliphatic heterocycles. The summed E-state index contributed by atoms with van der Waals surface area (Å²) < 4.78 is 26.9. The van der Waals surface area contributed by atoms with Gasteiger partial charge in [0.15, 0.2) is 0 Å². The van der Waals surface area contributed by atoms with Crippen molar-refractivity contribution >= 4 is 10.0 Å². The summed E-state index contributed by atoms with van der Waals surface area (Å²) in [7, 11) is -3.28. The largest absolute Gasteiger partial charge is 0.326 e. The molecule has 1 aromatic carbocycles. The van der Waals surface area contributed by atoms with Gasteiger partial charge in [-0.3, -0.25) is 4.90 Å². The molecule has 1 aromatic rings. The van der Waals surface area contributed by atoms with Gasteiger partial charge in [0.05, 0.1) is 5.75 Å². The van der Waals surface area contributed by atoms with Crippen molar-refractivity contribution in [3.05, 3.63) is 35.4 Å². The van der Waals surface area contributed by atoms with Crippen LogP contribution in [0.15, 0.2) is 24.3 Å². The molecule has 5 nitrogen and oxygen atoms in total. The average Bonchev–Trinajstić information content (AvgIpc) is 2.47. The summed E-state index contributed by atoms with van der Waals surface area (Å²) in [5.41, 5.74) is 7.41. The predicted octanol–water partition coefficient (Wildman–Crippen LogP) is 1.00. The fraction of sp³-hybridized carbons (Fsp3) is 0.600. The maximum absolute atomic E-state index is 12.6. The van der Waals surface area contributed by atoms with E-state index < -0.39 is 10.0 Å². The lowest BCUT2D eigenvalue weighted by Crippen LogP contribution is -2.53. The van der Waals surface area contributed by atoms with Crippen molar-refractivity contribution in [3.63, 3.8) is 0 Å². The highest BCUT2D eigenvalue weighted by Gasteiger charge is 2.30. The molecule has 1 fully saturated rings. The number of likely N-dealkylation sites (N-methyl/N-ethyl adjacent to an activating group) is 1. The van der Waals surface area contributed by atoms with E-state index in [1.807, 2.05) is 24.3 Å². The molecule has 2 N–H and O–H groups in total. The molecule has 1 atom stereocenters. The third kappa shape index (κ3) is 3.83. The van der Waals surface area contributed by atoms with E-state index in [-0.39, 0.29) is 11.8 Å². The molecule has 1 aliphatic rings. The predicted molar refractivity (Wildman–Crippen MR) is 85.2 cm³/mol. The highest BCUT2D eigenvalue weighted by Crippen LogP contribution is 2.18. The van der Waals surface area contributed by atoms with Crippen molar-refractivity contribution in [3.8, 4) is 0 Å². The van der Waals surface area contributed by atoms with Crippen LogP contribution in [0.3, 0.4) is 0 Å². The molecule has 0 aliphatic carbocycles. The van der Waals surface area contributed by atoms with Crippen molar-refractivity contribution in [2.75, 3.05) is 26.2 Å². The van der Waals surface area contributed by atoms with Gasteiger partial charge in [0, 0.05) is 32.2 Å². The summed E-state index contributed by atoms with van der Waals surface area (Å²) in [5.74, 6) is 0.0409. The highest BCUT2D eigenvalue weighted by molar-refractivity contribution is 7.88. The average molecular weight is 311 g/mol. The summed E-state index contributed by atoms with van der Waals surface area (Å²) in [6.07, 6.45) is 0. The summed E-state index contributed by atoms with van der Waals surface area (Å²) >= 11 is 0. The summed E-state index contributed by atoms with van der Waals surface area (Å²) in [4.78, 5) is 2.31. The van der Waals surface area contributed by atoms with Crippen LogP contribution in [-0.2, 0) is 22.3 Å². The summed E-state index contributed by atoms with van der Waals surface area (Å²) in [6, 6.07) is 7.76. The van der Waals surface area contributed by atoms with Crippen molar-refractivity contribution in [2.24, 2.45) is 5.73 Å². The van der Waals surface area contributed by atoms with Gasteiger partial charge >= 0.3 is 0 Å². The van der Waals surface area contributed by atoms with E-state index >= 15 is 0 Å². The van der Waals surface area contributed by atoms with Crippen LogP contribution in [0.25, 0.3) is 0 Å². The number of nitrogens with two attached hydrogens (primary N) is 1. The van der Waals surface area contributed by atoms with Crippen LogP contribution in [-0.4, -0.2) is 49.8 Å². The minimum atomic E-state index is -3.28. The molecule has 1 heterocycles. The maximum Gasteiger partial charge on any atom is 0.218 e. The van der Waals surface area contributed by atoms with Crippen molar-refractivity contribution in [2.45, 2.75) is 32.2 Å². The molecular formula is C15H25N3O2S. The Labute approximate surface area is 127 Å². The molecule has 0 amide bonds. The molecule has 6 heteroatoms. The maximum atomic E-state index is 12.6. The lowest BCUT2D eigenvalue weighted by molar-refractivity contribution is 0.135. The third-order valence-corrected chi connectivity index (χ3v) is 6.00. The van der Waals surface area contributed by atoms with Gasteiger partial charge in [0.25, 0.3) is 0 Å². The zero-order valence-electron chi connectivity index (χ0n) is 12.8. The van der Waals surface area contributed by atoms with Crippen molar-refractivity contribution in [1.29, 1.82) is 0 Å². The second-order valence-electron chi connectivity index (χ2n) is 5.56. The Morgan fingerprint density at radius 3 is 2.48 bits per heavy atom. The van der Waals surface area contributed by atoms with E-state index in [2.05, 4.69) is 18.7 Å². The van der Waals surface area contributed by atoms with Crippen LogP contribution in [0.1, 0.15) is 25.0 Å². The Kier molecular flexibility index (Phi) is 5.37. The van der Waals surface area contributed by atoms with Crippen molar-refractivity contribution in [1.82, 2.24) is 9.21 Å². The van der Waals surface area contributed by atoms with E-state index in [1.54, 1.807) is 4.31 Å². The van der Waals surface area contributed by atoms with E-state index in [9.17, 15) is 8.42 Å². The van der Waals surface area contributed by atoms with Gasteiger partial charge in [0.2, 0.25) is 10.0 Å². The Morgan fingerprint density at radius 2 is 1.90 bits per heavy atom. The second kappa shape index (κ2) is 6.87. The first-order valence-electron chi connectivity index (χ1n) is 7.46. The van der Waals surface area contributed by atoms with Crippen molar-refractivity contribution < 1.29 is 8.42 Å². The Balaban J connectivity index is 2.12. The molecule has 0 spiro atoms. The number of sulfonamides is 1. The highest BCUT2D eigenvalue weighted by atomic mass is 32.2. The number of piperazine rings is 1. The lowest BCUT2D eigenvalue weighted by Gasteiger charge is -2.38. The topological polar surface area (TPSA) is 66.6 Å². The van der Waals surface area contributed by atoms with Crippen LogP contribution in [0.5, 0.6) is 0 Å². The van der Waals surface area contributed by atoms with E-state index in [1.165, 1.54) is 0 Å². The molecule has 0 radical (unpaired) electrons. The van der Waals surface area contributed by atoms with Gasteiger partial charge in [-0.1, -0.05) is 31.2 Å². The quantitative estimate of drug-likeness (QED) is 0.881. The number of rotatable bonds is 5. The molecular weight excluding hydrogens is 286 g/mol. The first-order valence-corrected chi connectivity index (χ1v) is 9.07. The number of hydrogen-bond donors (Lipinski definition) is 1. The second-order valence-corrected chi connectivity index (χ2v) is 7.53. The van der Waals surface area contributed by atoms with Gasteiger partial charge in [0.1, 0.15) is 0 Å². The molecule has 1 saturated heterocycles. The minimum Gasteiger partial charge on any atom is -0.326 e. The Hall–Kier alpha value is -0.950. The zero-order chi connectivity index (χ0) is 15.5. The number of benzene rings is 1. The Bertz CT molecular complexity index is 574. The third-order valence-electron chi connectivity index (χ3n) is 4.20. The van der Waals surface area contributed by atoms with Crippen LogP contribution in [0, 0.1) is 0 Å². The zero-order valence-corrected chi connectivity index (χ0v) is 13.6. The molecule has 0 bridgehead atoms. The fourth-order valence-electron chi connectivity index (χ4n) is 2.87. The fourth-order valence-corrected chi connectivity index (χ4v) is 4.53. The van der Waals surface area contributed by atoms with E-state index in [4.69, 9.17) is 5.73 Å². The first-order chi connectivity index (χ1) is 9.97. The van der Waals surface area contributed by atoms with Gasteiger partial charge in [-0.05, 0) is 24.6 Å². The number of hydrogen-bond acceptors (Lipinski definition) is 4. The first kappa shape index (κ1) is 16.4. The van der Waals surface area contributed by atoms with Crippen LogP contribution < -0.4 is 5.73 Å². The smallest absolute Gasteiger partial charge is 0.218 e. The standard InChI is InChI=1S/C15H25N3O2S/c1-3-17-8-9-18(11-13(17)2)21(19,20)12-15-7-5-4-6-14(15)10-16/h4-7,13H,3,8-12,16H2,1-2H3. The van der Waals surface area contributed by atoms with Gasteiger partial charge in [-0.2, -0.15) is 4.31 Å². The molecule has 118 valence electrons. The van der Waals surface area contributed by atoms with Crippen LogP contribution in [0.2, 0.25) is 0 Å². The molecule has 0 aromatic heterocycles. The molecule has 1 unspecified atom stereocenters. The van der Waals surface area contributed by atoms with E-state index in [0.29, 0.717) is 19.6 Å². The van der Waals surface area contributed by atoms with Gasteiger partial charge in [-0.25, -0.2) is 8.42 Å². The van der Waals surface area contributed by atoms with Crippen LogP contribution >= 0.6 is 0 Å². The monoisotopic (exact) mass is 311 g/mol. The SMILES string of the molecule is CCN1CCN(S(=O)(=O)Cc2ccccc2CN)CC1C. The van der Waals surface area contributed by atoms with Gasteiger partial charge in [-0.15, -0.1) is 0 Å². The molecule has 2 rings (SSSR count). The van der Waals surface area contributed by atoms with Gasteiger partial charge < -0.3 is 5.73 Å². The summed E-state index contributed by atoms with van der Waals surface area (Å²) in [6.45, 7) is 7.47. The van der Waals surface area contributed by atoms with Crippen LogP contribution in [0.4, 0.5) is 0 Å². The molecule has 0 saturated carbocycles. The normalized spacial score (nSPS) is 21.6. The lowest BCUT2D eigenvalue weighted by atomic mass is 10.1. The molecule has 21 heavy (non-hydrogen) atoms. The number of nitrogens with zero attached hydrogens (tertiary/aromatic N) is 2.